The molecule has 1 unspecified atom stereocenters. The molecule has 7 heteroatoms. The van der Waals surface area contributed by atoms with Gasteiger partial charge in [-0.2, -0.15) is 5.10 Å². The fourth-order valence-electron chi connectivity index (χ4n) is 4.80. The Morgan fingerprint density at radius 2 is 1.42 bits per heavy atom. The first kappa shape index (κ1) is 24.3. The lowest BCUT2D eigenvalue weighted by molar-refractivity contribution is 0.0730. The van der Waals surface area contributed by atoms with Crippen molar-refractivity contribution >= 4 is 29.1 Å². The fourth-order valence-corrected chi connectivity index (χ4v) is 5.05. The molecular formula is C31H23Cl2N3O2. The average molecular weight is 540 g/mol. The lowest BCUT2D eigenvalue weighted by atomic mass is 9.96. The van der Waals surface area contributed by atoms with Gasteiger partial charge >= 0.3 is 0 Å². The quantitative estimate of drug-likeness (QED) is 0.230. The number of carbonyl (C=O) groups excluding carboxylic acids is 1. The summed E-state index contributed by atoms with van der Waals surface area (Å²) in [6.45, 7) is 0.872. The van der Waals surface area contributed by atoms with Crippen LogP contribution >= 0.6 is 23.2 Å². The van der Waals surface area contributed by atoms with Crippen LogP contribution in [-0.4, -0.2) is 21.0 Å². The molecule has 0 fully saturated rings. The van der Waals surface area contributed by atoms with Crippen molar-refractivity contribution in [2.75, 3.05) is 0 Å². The Kier molecular flexibility index (Phi) is 6.62. The van der Waals surface area contributed by atoms with Gasteiger partial charge < -0.3 is 9.64 Å². The van der Waals surface area contributed by atoms with E-state index in [-0.39, 0.29) is 11.9 Å². The summed E-state index contributed by atoms with van der Waals surface area (Å²) in [6.07, 6.45) is 0. The molecule has 0 saturated heterocycles. The molecule has 1 aliphatic rings. The average Bonchev–Trinajstić information content (AvgIpc) is 3.49. The highest BCUT2D eigenvalue weighted by Crippen LogP contribution is 2.43. The summed E-state index contributed by atoms with van der Waals surface area (Å²) in [4.78, 5) is 15.5. The number of amides is 1. The molecule has 1 atom stereocenters. The fraction of sp³-hybridized carbons (Fsp3) is 0.0968. The van der Waals surface area contributed by atoms with Crippen molar-refractivity contribution in [3.05, 3.63) is 141 Å². The van der Waals surface area contributed by atoms with Crippen LogP contribution in [0.5, 0.6) is 5.75 Å². The SMILES string of the molecule is O=C1c2[nH]nc(-c3ccccc3)c2C(c2ccc(OCc3ccc(Cl)cc3)cc2)N1Cc1ccc(Cl)cc1. The molecule has 1 amide bonds. The van der Waals surface area contributed by atoms with E-state index in [1.807, 2.05) is 108 Å². The van der Waals surface area contributed by atoms with Crippen LogP contribution in [0, 0.1) is 0 Å². The monoisotopic (exact) mass is 539 g/mol. The van der Waals surface area contributed by atoms with Gasteiger partial charge in [0.05, 0.1) is 11.7 Å². The van der Waals surface area contributed by atoms with E-state index >= 15 is 0 Å². The van der Waals surface area contributed by atoms with E-state index in [1.165, 1.54) is 0 Å². The number of rotatable bonds is 7. The molecule has 5 nitrogen and oxygen atoms in total. The van der Waals surface area contributed by atoms with Gasteiger partial charge in [-0.1, -0.05) is 89.9 Å². The van der Waals surface area contributed by atoms with Crippen LogP contribution in [0.25, 0.3) is 11.3 Å². The van der Waals surface area contributed by atoms with E-state index in [2.05, 4.69) is 10.2 Å². The van der Waals surface area contributed by atoms with Gasteiger partial charge in [-0.3, -0.25) is 9.89 Å². The highest BCUT2D eigenvalue weighted by Gasteiger charge is 2.42. The summed E-state index contributed by atoms with van der Waals surface area (Å²) in [7, 11) is 0. The second kappa shape index (κ2) is 10.4. The van der Waals surface area contributed by atoms with Crippen molar-refractivity contribution < 1.29 is 9.53 Å². The van der Waals surface area contributed by atoms with E-state index in [0.29, 0.717) is 28.9 Å². The third-order valence-electron chi connectivity index (χ3n) is 6.69. The number of aromatic nitrogens is 2. The van der Waals surface area contributed by atoms with E-state index in [4.69, 9.17) is 27.9 Å². The molecule has 0 bridgehead atoms. The number of hydrogen-bond donors (Lipinski definition) is 1. The van der Waals surface area contributed by atoms with Crippen LogP contribution < -0.4 is 4.74 Å². The van der Waals surface area contributed by atoms with Gasteiger partial charge in [-0.25, -0.2) is 0 Å². The Hall–Kier alpha value is -4.06. The van der Waals surface area contributed by atoms with Crippen LogP contribution in [0.15, 0.2) is 103 Å². The second-order valence-electron chi connectivity index (χ2n) is 9.17. The van der Waals surface area contributed by atoms with Crippen LogP contribution in [0.1, 0.15) is 38.8 Å². The van der Waals surface area contributed by atoms with Crippen LogP contribution in [-0.2, 0) is 13.2 Å². The Morgan fingerprint density at radius 3 is 2.08 bits per heavy atom. The van der Waals surface area contributed by atoms with Gasteiger partial charge in [0, 0.05) is 27.7 Å². The van der Waals surface area contributed by atoms with E-state index < -0.39 is 0 Å². The van der Waals surface area contributed by atoms with Crippen LogP contribution in [0.2, 0.25) is 10.0 Å². The lowest BCUT2D eigenvalue weighted by Crippen LogP contribution is -2.29. The number of hydrogen-bond acceptors (Lipinski definition) is 3. The molecule has 0 spiro atoms. The number of nitrogens with one attached hydrogen (secondary N) is 1. The Balaban J connectivity index is 1.33. The predicted octanol–water partition coefficient (Wildman–Crippen LogP) is 7.71. The Bertz CT molecular complexity index is 1570. The first-order valence-corrected chi connectivity index (χ1v) is 13.0. The maximum atomic E-state index is 13.6. The molecule has 1 aromatic heterocycles. The molecule has 4 aromatic carbocycles. The third kappa shape index (κ3) is 4.78. The van der Waals surface area contributed by atoms with Crippen molar-refractivity contribution in [3.63, 3.8) is 0 Å². The van der Waals surface area contributed by atoms with Gasteiger partial charge in [0.1, 0.15) is 18.1 Å². The van der Waals surface area contributed by atoms with Gasteiger partial charge in [-0.05, 0) is 53.1 Å². The molecule has 188 valence electrons. The maximum Gasteiger partial charge on any atom is 0.273 e. The van der Waals surface area contributed by atoms with E-state index in [9.17, 15) is 4.79 Å². The van der Waals surface area contributed by atoms with Crippen molar-refractivity contribution in [2.45, 2.75) is 19.2 Å². The van der Waals surface area contributed by atoms with Gasteiger partial charge in [0.15, 0.2) is 0 Å². The summed E-state index contributed by atoms with van der Waals surface area (Å²) in [5, 5.41) is 8.92. The minimum absolute atomic E-state index is 0.0855. The number of fused-ring (bicyclic) bond motifs is 1. The summed E-state index contributed by atoms with van der Waals surface area (Å²) in [5.74, 6) is 0.658. The maximum absolute atomic E-state index is 13.6. The first-order chi connectivity index (χ1) is 18.6. The lowest BCUT2D eigenvalue weighted by Gasteiger charge is -2.26. The summed E-state index contributed by atoms with van der Waals surface area (Å²) >= 11 is 12.1. The van der Waals surface area contributed by atoms with E-state index in [1.54, 1.807) is 0 Å². The van der Waals surface area contributed by atoms with Crippen molar-refractivity contribution in [1.82, 2.24) is 15.1 Å². The summed E-state index contributed by atoms with van der Waals surface area (Å²) < 4.78 is 6.00. The largest absolute Gasteiger partial charge is 0.489 e. The highest BCUT2D eigenvalue weighted by atomic mass is 35.5. The molecule has 0 saturated carbocycles. The number of carbonyl (C=O) groups is 1. The molecule has 38 heavy (non-hydrogen) atoms. The number of halogens is 2. The molecule has 1 aliphatic heterocycles. The second-order valence-corrected chi connectivity index (χ2v) is 10.0. The topological polar surface area (TPSA) is 58.2 Å². The highest BCUT2D eigenvalue weighted by molar-refractivity contribution is 6.30. The van der Waals surface area contributed by atoms with E-state index in [0.717, 1.165) is 39.3 Å². The van der Waals surface area contributed by atoms with Gasteiger partial charge in [0.2, 0.25) is 0 Å². The van der Waals surface area contributed by atoms with Crippen molar-refractivity contribution in [2.24, 2.45) is 0 Å². The minimum atomic E-state index is -0.313. The smallest absolute Gasteiger partial charge is 0.273 e. The number of H-pyrrole nitrogens is 1. The number of aromatic amines is 1. The number of ether oxygens (including phenoxy) is 1. The zero-order valence-electron chi connectivity index (χ0n) is 20.3. The molecule has 0 radical (unpaired) electrons. The summed E-state index contributed by atoms with van der Waals surface area (Å²) in [5.41, 5.74) is 6.14. The first-order valence-electron chi connectivity index (χ1n) is 12.2. The minimum Gasteiger partial charge on any atom is -0.489 e. The standard InChI is InChI=1S/C31H23Cl2N3O2/c32-24-12-6-20(7-13-24)18-36-30(27-28(22-4-2-1-3-5-22)34-35-29(27)31(36)37)23-10-16-26(17-11-23)38-19-21-8-14-25(33)15-9-21/h1-17,30H,18-19H2,(H,34,35). The zero-order valence-corrected chi connectivity index (χ0v) is 21.8. The van der Waals surface area contributed by atoms with Gasteiger partial charge in [-0.15, -0.1) is 0 Å². The Labute approximate surface area is 230 Å². The van der Waals surface area contributed by atoms with Crippen molar-refractivity contribution in [1.29, 1.82) is 0 Å². The molecular weight excluding hydrogens is 517 g/mol. The number of benzene rings is 4. The third-order valence-corrected chi connectivity index (χ3v) is 7.20. The predicted molar refractivity (Wildman–Crippen MR) is 149 cm³/mol. The Morgan fingerprint density at radius 1 is 0.789 bits per heavy atom. The van der Waals surface area contributed by atoms with Gasteiger partial charge in [0.25, 0.3) is 5.91 Å². The molecule has 2 heterocycles. The van der Waals surface area contributed by atoms with Crippen molar-refractivity contribution in [3.8, 4) is 17.0 Å². The zero-order chi connectivity index (χ0) is 26.1. The summed E-state index contributed by atoms with van der Waals surface area (Å²) in [6, 6.07) is 32.7. The van der Waals surface area contributed by atoms with Crippen LogP contribution in [0.4, 0.5) is 0 Å². The molecule has 6 rings (SSSR count). The molecule has 5 aromatic rings. The molecule has 0 aliphatic carbocycles. The van der Waals surface area contributed by atoms with Crippen LogP contribution in [0.3, 0.4) is 0 Å². The normalized spacial score (nSPS) is 14.5. The molecule has 1 N–H and O–H groups in total. The number of nitrogens with zero attached hydrogens (tertiary/aromatic N) is 2.